The Labute approximate surface area is 223 Å². The number of nitrogens with two attached hydrogens (primary N) is 1. The fourth-order valence-electron chi connectivity index (χ4n) is 5.42. The van der Waals surface area contributed by atoms with Crippen molar-refractivity contribution in [3.63, 3.8) is 0 Å². The maximum absolute atomic E-state index is 8.01. The number of nitrogens with one attached hydrogen (secondary N) is 2. The van der Waals surface area contributed by atoms with Crippen molar-refractivity contribution in [1.29, 1.82) is 10.8 Å². The lowest BCUT2D eigenvalue weighted by Crippen LogP contribution is -2.40. The molecule has 0 bridgehead atoms. The maximum Gasteiger partial charge on any atom is 0.150 e. The number of hydrogen-bond acceptors (Lipinski definition) is 5. The van der Waals surface area contributed by atoms with E-state index < -0.39 is 0 Å². The summed E-state index contributed by atoms with van der Waals surface area (Å²) in [6.07, 6.45) is 1.85. The van der Waals surface area contributed by atoms with Gasteiger partial charge in [0.2, 0.25) is 0 Å². The van der Waals surface area contributed by atoms with Gasteiger partial charge in [-0.1, -0.05) is 50.2 Å². The summed E-state index contributed by atoms with van der Waals surface area (Å²) in [5, 5.41) is 18.0. The highest BCUT2D eigenvalue weighted by molar-refractivity contribution is 6.08. The molecule has 1 aliphatic heterocycles. The SMILES string of the molecule is COc1cc(OC2CCN(C(C)=N)CC2)cc2c1nc(C(C)C)n2Cc1ccc(C(=N)N)c2ccccc12. The van der Waals surface area contributed by atoms with Gasteiger partial charge in [-0.25, -0.2) is 4.98 Å². The van der Waals surface area contributed by atoms with Gasteiger partial charge < -0.3 is 24.7 Å². The number of piperidine rings is 1. The number of fused-ring (bicyclic) bond motifs is 2. The van der Waals surface area contributed by atoms with Crippen molar-refractivity contribution in [1.82, 2.24) is 14.5 Å². The second-order valence-electron chi connectivity index (χ2n) is 10.3. The molecule has 1 aromatic heterocycles. The van der Waals surface area contributed by atoms with Gasteiger partial charge in [-0.05, 0) is 23.3 Å². The van der Waals surface area contributed by atoms with Crippen LogP contribution in [-0.4, -0.2) is 52.4 Å². The Morgan fingerprint density at radius 1 is 1.08 bits per heavy atom. The van der Waals surface area contributed by atoms with Crippen molar-refractivity contribution >= 4 is 33.5 Å². The van der Waals surface area contributed by atoms with Crippen LogP contribution in [0.4, 0.5) is 0 Å². The molecule has 3 aromatic carbocycles. The molecular formula is C30H36N6O2. The van der Waals surface area contributed by atoms with Gasteiger partial charge in [-0.15, -0.1) is 0 Å². The van der Waals surface area contributed by atoms with Crippen LogP contribution in [0.25, 0.3) is 21.8 Å². The van der Waals surface area contributed by atoms with E-state index in [4.69, 9.17) is 31.0 Å². The van der Waals surface area contributed by atoms with Gasteiger partial charge in [-0.2, -0.15) is 0 Å². The van der Waals surface area contributed by atoms with Crippen LogP contribution in [0.2, 0.25) is 0 Å². The van der Waals surface area contributed by atoms with Crippen LogP contribution < -0.4 is 15.2 Å². The first-order valence-corrected chi connectivity index (χ1v) is 13.2. The van der Waals surface area contributed by atoms with Crippen LogP contribution in [0, 0.1) is 10.8 Å². The van der Waals surface area contributed by atoms with E-state index in [1.165, 1.54) is 0 Å². The number of nitrogen functional groups attached to an aromatic ring is 1. The van der Waals surface area contributed by atoms with E-state index >= 15 is 0 Å². The molecule has 0 atom stereocenters. The summed E-state index contributed by atoms with van der Waals surface area (Å²) in [5.41, 5.74) is 9.54. The summed E-state index contributed by atoms with van der Waals surface area (Å²) in [6, 6.07) is 16.1. The first-order valence-electron chi connectivity index (χ1n) is 13.2. The molecule has 2 heterocycles. The average molecular weight is 513 g/mol. The molecule has 4 N–H and O–H groups in total. The fraction of sp³-hybridized carbons (Fsp3) is 0.367. The quantitative estimate of drug-likeness (QED) is 0.224. The first-order chi connectivity index (χ1) is 18.3. The van der Waals surface area contributed by atoms with Gasteiger partial charge in [-0.3, -0.25) is 10.8 Å². The fourth-order valence-corrected chi connectivity index (χ4v) is 5.42. The molecular weight excluding hydrogens is 476 g/mol. The molecule has 0 aliphatic carbocycles. The number of ether oxygens (including phenoxy) is 2. The molecule has 38 heavy (non-hydrogen) atoms. The topological polar surface area (TPSA) is 113 Å². The molecule has 0 spiro atoms. The third-order valence-electron chi connectivity index (χ3n) is 7.41. The number of aromatic nitrogens is 2. The average Bonchev–Trinajstić information content (AvgIpc) is 3.27. The first kappa shape index (κ1) is 25.6. The summed E-state index contributed by atoms with van der Waals surface area (Å²) < 4.78 is 14.5. The van der Waals surface area contributed by atoms with Crippen molar-refractivity contribution in [2.75, 3.05) is 20.2 Å². The molecule has 5 rings (SSSR count). The number of nitrogens with zero attached hydrogens (tertiary/aromatic N) is 3. The lowest BCUT2D eigenvalue weighted by atomic mass is 9.98. The van der Waals surface area contributed by atoms with Crippen molar-refractivity contribution in [3.8, 4) is 11.5 Å². The maximum atomic E-state index is 8.01. The molecule has 1 saturated heterocycles. The predicted molar refractivity (Wildman–Crippen MR) is 153 cm³/mol. The van der Waals surface area contributed by atoms with E-state index in [1.54, 1.807) is 7.11 Å². The molecule has 0 radical (unpaired) electrons. The number of amidine groups is 2. The smallest absolute Gasteiger partial charge is 0.150 e. The van der Waals surface area contributed by atoms with Crippen LogP contribution in [0.1, 0.15) is 56.5 Å². The molecule has 0 saturated carbocycles. The Kier molecular flexibility index (Phi) is 6.97. The van der Waals surface area contributed by atoms with Crippen molar-refractivity contribution < 1.29 is 9.47 Å². The van der Waals surface area contributed by atoms with E-state index in [-0.39, 0.29) is 17.9 Å². The Bertz CT molecular complexity index is 1510. The minimum Gasteiger partial charge on any atom is -0.494 e. The lowest BCUT2D eigenvalue weighted by Gasteiger charge is -2.32. The minimum absolute atomic E-state index is 0.0665. The van der Waals surface area contributed by atoms with Crippen LogP contribution in [0.3, 0.4) is 0 Å². The number of imidazole rings is 1. The van der Waals surface area contributed by atoms with E-state index in [1.807, 2.05) is 37.3 Å². The number of likely N-dealkylation sites (tertiary alicyclic amines) is 1. The van der Waals surface area contributed by atoms with E-state index in [0.717, 1.165) is 70.4 Å². The molecule has 1 aliphatic rings. The highest BCUT2D eigenvalue weighted by atomic mass is 16.5. The lowest BCUT2D eigenvalue weighted by molar-refractivity contribution is 0.130. The van der Waals surface area contributed by atoms with Crippen molar-refractivity contribution in [2.24, 2.45) is 5.73 Å². The molecule has 198 valence electrons. The third-order valence-corrected chi connectivity index (χ3v) is 7.41. The van der Waals surface area contributed by atoms with Crippen LogP contribution >= 0.6 is 0 Å². The highest BCUT2D eigenvalue weighted by Gasteiger charge is 2.23. The predicted octanol–water partition coefficient (Wildman–Crippen LogP) is 5.49. The van der Waals surface area contributed by atoms with Crippen molar-refractivity contribution in [3.05, 3.63) is 65.5 Å². The van der Waals surface area contributed by atoms with Crippen LogP contribution in [0.5, 0.6) is 11.5 Å². The van der Waals surface area contributed by atoms with Crippen molar-refractivity contribution in [2.45, 2.75) is 52.2 Å². The second kappa shape index (κ2) is 10.4. The summed E-state index contributed by atoms with van der Waals surface area (Å²) in [5.74, 6) is 3.32. The van der Waals surface area contributed by atoms with Gasteiger partial charge in [0.15, 0.2) is 0 Å². The number of hydrogen-bond donors (Lipinski definition) is 3. The second-order valence-corrected chi connectivity index (χ2v) is 10.3. The largest absolute Gasteiger partial charge is 0.494 e. The van der Waals surface area contributed by atoms with E-state index in [2.05, 4.69) is 41.5 Å². The molecule has 1 fully saturated rings. The molecule has 4 aromatic rings. The zero-order valence-electron chi connectivity index (χ0n) is 22.5. The molecule has 0 unspecified atom stereocenters. The molecule has 8 heteroatoms. The van der Waals surface area contributed by atoms with E-state index in [0.29, 0.717) is 18.1 Å². The Morgan fingerprint density at radius 3 is 2.42 bits per heavy atom. The van der Waals surface area contributed by atoms with E-state index in [9.17, 15) is 0 Å². The zero-order chi connectivity index (χ0) is 27.0. The van der Waals surface area contributed by atoms with Gasteiger partial charge in [0, 0.05) is 56.1 Å². The number of benzene rings is 3. The third kappa shape index (κ3) is 4.78. The van der Waals surface area contributed by atoms with Gasteiger partial charge in [0.25, 0.3) is 0 Å². The Balaban J connectivity index is 1.56. The minimum atomic E-state index is 0.0665. The normalized spacial score (nSPS) is 14.4. The van der Waals surface area contributed by atoms with Gasteiger partial charge in [0.1, 0.15) is 34.8 Å². The Hall–Kier alpha value is -4.07. The zero-order valence-corrected chi connectivity index (χ0v) is 22.5. The van der Waals surface area contributed by atoms with Crippen LogP contribution in [0.15, 0.2) is 48.5 Å². The Morgan fingerprint density at radius 2 is 1.79 bits per heavy atom. The monoisotopic (exact) mass is 512 g/mol. The molecule has 0 amide bonds. The summed E-state index contributed by atoms with van der Waals surface area (Å²) in [6.45, 7) is 8.42. The van der Waals surface area contributed by atoms with Gasteiger partial charge in [0.05, 0.1) is 18.5 Å². The van der Waals surface area contributed by atoms with Crippen LogP contribution in [-0.2, 0) is 6.54 Å². The van der Waals surface area contributed by atoms with Gasteiger partial charge >= 0.3 is 0 Å². The summed E-state index contributed by atoms with van der Waals surface area (Å²) in [7, 11) is 1.67. The standard InChI is InChI=1S/C30H36N6O2/c1-18(2)30-34-28-26(15-22(16-27(28)37-4)38-21-11-13-35(14-12-21)19(3)31)36(30)17-20-9-10-25(29(32)33)24-8-6-5-7-23(20)24/h5-10,15-16,18,21,31H,11-14,17H2,1-4H3,(H3,32,33). The summed E-state index contributed by atoms with van der Waals surface area (Å²) in [4.78, 5) is 7.11. The number of methoxy groups -OCH3 is 1. The summed E-state index contributed by atoms with van der Waals surface area (Å²) >= 11 is 0. The molecule has 8 nitrogen and oxygen atoms in total. The highest BCUT2D eigenvalue weighted by Crippen LogP contribution is 2.35. The number of rotatable bonds is 7.